The summed E-state index contributed by atoms with van der Waals surface area (Å²) < 4.78 is 0. The predicted octanol–water partition coefficient (Wildman–Crippen LogP) is 2.87. The van der Waals surface area contributed by atoms with E-state index in [1.165, 1.54) is 38.4 Å². The lowest BCUT2D eigenvalue weighted by Crippen LogP contribution is -2.25. The van der Waals surface area contributed by atoms with Crippen molar-refractivity contribution in [3.63, 3.8) is 0 Å². The van der Waals surface area contributed by atoms with Crippen LogP contribution in [0.5, 0.6) is 0 Å². The molecule has 1 rings (SSSR count). The zero-order valence-corrected chi connectivity index (χ0v) is 8.59. The molecule has 0 aromatic carbocycles. The van der Waals surface area contributed by atoms with Gasteiger partial charge in [-0.3, -0.25) is 0 Å². The second-order valence-electron chi connectivity index (χ2n) is 3.93. The summed E-state index contributed by atoms with van der Waals surface area (Å²) in [7, 11) is 0. The molecule has 0 radical (unpaired) electrons. The maximum atomic E-state index is 4.90. The zero-order chi connectivity index (χ0) is 9.52. The maximum absolute atomic E-state index is 4.90. The minimum Gasteiger partial charge on any atom is -0.417 e. The van der Waals surface area contributed by atoms with Gasteiger partial charge in [0.2, 0.25) is 0 Å². The van der Waals surface area contributed by atoms with Gasteiger partial charge < -0.3 is 4.84 Å². The molecule has 0 atom stereocenters. The van der Waals surface area contributed by atoms with E-state index in [1.807, 2.05) is 0 Å². The van der Waals surface area contributed by atoms with Gasteiger partial charge in [0.1, 0.15) is 6.26 Å². The van der Waals surface area contributed by atoms with Gasteiger partial charge in [0.15, 0.2) is 0 Å². The maximum Gasteiger partial charge on any atom is 0.104 e. The highest BCUT2D eigenvalue weighted by Crippen LogP contribution is 2.29. The van der Waals surface area contributed by atoms with Crippen molar-refractivity contribution >= 4 is 0 Å². The summed E-state index contributed by atoms with van der Waals surface area (Å²) in [6, 6.07) is 0. The van der Waals surface area contributed by atoms with Gasteiger partial charge in [-0.15, -0.1) is 0 Å². The molecule has 0 heterocycles. The fourth-order valence-electron chi connectivity index (χ4n) is 2.07. The quantitative estimate of drug-likeness (QED) is 0.402. The van der Waals surface area contributed by atoms with Crippen molar-refractivity contribution in [3.05, 3.63) is 12.8 Å². The third kappa shape index (κ3) is 3.81. The molecule has 76 valence electrons. The first-order chi connectivity index (χ1) is 6.36. The summed E-state index contributed by atoms with van der Waals surface area (Å²) >= 11 is 0. The van der Waals surface area contributed by atoms with Gasteiger partial charge in [-0.25, -0.2) is 0 Å². The van der Waals surface area contributed by atoms with E-state index in [2.05, 4.69) is 19.0 Å². The lowest BCUT2D eigenvalue weighted by atomic mass is 9.81. The van der Waals surface area contributed by atoms with Crippen LogP contribution in [0.15, 0.2) is 12.8 Å². The summed E-state index contributed by atoms with van der Waals surface area (Å²) in [6.45, 7) is 6.75. The summed E-state index contributed by atoms with van der Waals surface area (Å²) in [6.07, 6.45) is 8.30. The molecule has 1 aliphatic carbocycles. The highest BCUT2D eigenvalue weighted by molar-refractivity contribution is 4.72. The summed E-state index contributed by atoms with van der Waals surface area (Å²) in [5, 5.41) is 0. The lowest BCUT2D eigenvalue weighted by molar-refractivity contribution is 0.108. The number of nitrogens with one attached hydrogen (secondary N) is 1. The number of rotatable bonds is 5. The van der Waals surface area contributed by atoms with E-state index in [-0.39, 0.29) is 0 Å². The van der Waals surface area contributed by atoms with Crippen LogP contribution in [0.25, 0.3) is 0 Å². The Morgan fingerprint density at radius 1 is 1.31 bits per heavy atom. The van der Waals surface area contributed by atoms with Gasteiger partial charge >= 0.3 is 0 Å². The van der Waals surface area contributed by atoms with E-state index in [0.717, 1.165) is 18.4 Å². The van der Waals surface area contributed by atoms with Gasteiger partial charge in [-0.2, -0.15) is 5.48 Å². The molecule has 0 aromatic rings. The van der Waals surface area contributed by atoms with Crippen molar-refractivity contribution in [1.29, 1.82) is 0 Å². The minimum atomic E-state index is 0.808. The third-order valence-electron chi connectivity index (χ3n) is 3.08. The summed E-state index contributed by atoms with van der Waals surface area (Å²) in [4.78, 5) is 4.90. The normalized spacial score (nSPS) is 28.4. The zero-order valence-electron chi connectivity index (χ0n) is 8.59. The molecule has 0 saturated heterocycles. The van der Waals surface area contributed by atoms with E-state index in [0.29, 0.717) is 0 Å². The molecule has 0 amide bonds. The van der Waals surface area contributed by atoms with Gasteiger partial charge in [0.25, 0.3) is 0 Å². The van der Waals surface area contributed by atoms with Crippen LogP contribution in [-0.4, -0.2) is 6.54 Å². The van der Waals surface area contributed by atoms with Crippen LogP contribution in [0.4, 0.5) is 0 Å². The molecule has 0 aliphatic heterocycles. The Bertz CT molecular complexity index is 139. The molecular weight excluding hydrogens is 162 g/mol. The Balaban J connectivity index is 2.06. The second-order valence-corrected chi connectivity index (χ2v) is 3.93. The molecule has 1 aliphatic rings. The standard InChI is InChI=1S/C11H21NO/c1-3-10-5-7-11(8-6-10)9-12-13-4-2/h4,10-12H,2-3,5-9H2,1H3. The van der Waals surface area contributed by atoms with Gasteiger partial charge in [-0.1, -0.05) is 32.8 Å². The molecule has 13 heavy (non-hydrogen) atoms. The Morgan fingerprint density at radius 2 is 1.92 bits per heavy atom. The van der Waals surface area contributed by atoms with Crippen LogP contribution in [-0.2, 0) is 4.84 Å². The molecule has 1 fully saturated rings. The van der Waals surface area contributed by atoms with Crippen LogP contribution in [0.3, 0.4) is 0 Å². The Labute approximate surface area is 81.3 Å². The van der Waals surface area contributed by atoms with Gasteiger partial charge in [0, 0.05) is 6.54 Å². The topological polar surface area (TPSA) is 21.3 Å². The van der Waals surface area contributed by atoms with Crippen LogP contribution in [0, 0.1) is 11.8 Å². The van der Waals surface area contributed by atoms with Crippen LogP contribution < -0.4 is 5.48 Å². The highest BCUT2D eigenvalue weighted by atomic mass is 16.6. The largest absolute Gasteiger partial charge is 0.417 e. The smallest absolute Gasteiger partial charge is 0.104 e. The summed E-state index contributed by atoms with van der Waals surface area (Å²) in [5.74, 6) is 1.79. The number of hydroxylamine groups is 1. The SMILES string of the molecule is C=CONCC1CCC(CC)CC1. The van der Waals surface area contributed by atoms with Crippen molar-refractivity contribution < 1.29 is 4.84 Å². The first-order valence-electron chi connectivity index (χ1n) is 5.36. The number of hydrogen-bond acceptors (Lipinski definition) is 2. The van der Waals surface area contributed by atoms with Crippen molar-refractivity contribution in [3.8, 4) is 0 Å². The Morgan fingerprint density at radius 3 is 2.46 bits per heavy atom. The lowest BCUT2D eigenvalue weighted by Gasteiger charge is -2.27. The fraction of sp³-hybridized carbons (Fsp3) is 0.818. The molecule has 0 bridgehead atoms. The van der Waals surface area contributed by atoms with Gasteiger partial charge in [0.05, 0.1) is 0 Å². The Kier molecular flexibility index (Phi) is 4.91. The summed E-state index contributed by atoms with van der Waals surface area (Å²) in [5.41, 5.74) is 2.92. The molecule has 0 aromatic heterocycles. The van der Waals surface area contributed by atoms with E-state index in [1.54, 1.807) is 0 Å². The van der Waals surface area contributed by atoms with E-state index < -0.39 is 0 Å². The van der Waals surface area contributed by atoms with Crippen molar-refractivity contribution in [1.82, 2.24) is 5.48 Å². The van der Waals surface area contributed by atoms with Crippen molar-refractivity contribution in [2.45, 2.75) is 39.0 Å². The molecule has 2 heteroatoms. The number of hydrogen-bond donors (Lipinski definition) is 1. The average Bonchev–Trinajstić information content (AvgIpc) is 2.19. The molecule has 1 N–H and O–H groups in total. The van der Waals surface area contributed by atoms with Crippen LogP contribution in [0.1, 0.15) is 39.0 Å². The third-order valence-corrected chi connectivity index (χ3v) is 3.08. The molecule has 1 saturated carbocycles. The first kappa shape index (κ1) is 10.6. The molecular formula is C11H21NO. The van der Waals surface area contributed by atoms with Gasteiger partial charge in [-0.05, 0) is 24.7 Å². The fourth-order valence-corrected chi connectivity index (χ4v) is 2.07. The molecule has 2 nitrogen and oxygen atoms in total. The van der Waals surface area contributed by atoms with E-state index >= 15 is 0 Å². The average molecular weight is 183 g/mol. The minimum absolute atomic E-state index is 0.808. The molecule has 0 unspecified atom stereocenters. The predicted molar refractivity (Wildman–Crippen MR) is 55.0 cm³/mol. The van der Waals surface area contributed by atoms with Crippen LogP contribution >= 0.6 is 0 Å². The van der Waals surface area contributed by atoms with E-state index in [4.69, 9.17) is 4.84 Å². The van der Waals surface area contributed by atoms with Crippen LogP contribution in [0.2, 0.25) is 0 Å². The Hall–Kier alpha value is -0.500. The van der Waals surface area contributed by atoms with Crippen molar-refractivity contribution in [2.24, 2.45) is 11.8 Å². The van der Waals surface area contributed by atoms with E-state index in [9.17, 15) is 0 Å². The first-order valence-corrected chi connectivity index (χ1v) is 5.36. The highest BCUT2D eigenvalue weighted by Gasteiger charge is 2.19. The second kappa shape index (κ2) is 6.03. The molecule has 0 spiro atoms. The van der Waals surface area contributed by atoms with Crippen molar-refractivity contribution in [2.75, 3.05) is 6.54 Å². The monoisotopic (exact) mass is 183 g/mol.